The predicted octanol–water partition coefficient (Wildman–Crippen LogP) is 2.31. The van der Waals surface area contributed by atoms with Crippen molar-refractivity contribution in [3.05, 3.63) is 42.5 Å². The van der Waals surface area contributed by atoms with Gasteiger partial charge in [0, 0.05) is 50.8 Å². The lowest BCUT2D eigenvalue weighted by atomic mass is 10.3. The van der Waals surface area contributed by atoms with Crippen LogP contribution in [0.3, 0.4) is 0 Å². The lowest BCUT2D eigenvalue weighted by molar-refractivity contribution is -0.130. The van der Waals surface area contributed by atoms with Gasteiger partial charge < -0.3 is 14.8 Å². The first-order valence-corrected chi connectivity index (χ1v) is 10.7. The van der Waals surface area contributed by atoms with Crippen molar-refractivity contribution in [1.82, 2.24) is 19.4 Å². The van der Waals surface area contributed by atoms with Gasteiger partial charge in [-0.1, -0.05) is 18.7 Å². The molecule has 0 aliphatic carbocycles. The fraction of sp³-hybridized carbons (Fsp3) is 0.450. The number of benzene rings is 1. The van der Waals surface area contributed by atoms with Crippen LogP contribution in [0, 0.1) is 5.82 Å². The first-order valence-electron chi connectivity index (χ1n) is 9.74. The second kappa shape index (κ2) is 10.4. The number of hydrogen-bond acceptors (Lipinski definition) is 5. The number of halogens is 1. The third kappa shape index (κ3) is 6.30. The number of nitrogens with one attached hydrogen (secondary N) is 1. The Morgan fingerprint density at radius 3 is 2.59 bits per heavy atom. The number of carbonyl (C=O) groups excluding carboxylic acids is 2. The number of aryl methyl sites for hydroxylation is 1. The van der Waals surface area contributed by atoms with Gasteiger partial charge in [0.1, 0.15) is 5.82 Å². The second-order valence-corrected chi connectivity index (χ2v) is 7.85. The number of anilines is 1. The van der Waals surface area contributed by atoms with Crippen LogP contribution in [0.25, 0.3) is 0 Å². The zero-order chi connectivity index (χ0) is 20.6. The number of amides is 2. The van der Waals surface area contributed by atoms with E-state index in [1.807, 2.05) is 16.0 Å². The van der Waals surface area contributed by atoms with Crippen molar-refractivity contribution >= 4 is 29.3 Å². The summed E-state index contributed by atoms with van der Waals surface area (Å²) in [5.74, 6) is -0.0198. The van der Waals surface area contributed by atoms with Crippen molar-refractivity contribution in [2.45, 2.75) is 25.0 Å². The summed E-state index contributed by atoms with van der Waals surface area (Å²) in [6.07, 6.45) is 4.72. The van der Waals surface area contributed by atoms with E-state index in [9.17, 15) is 14.0 Å². The van der Waals surface area contributed by atoms with Gasteiger partial charge in [-0.25, -0.2) is 9.37 Å². The van der Waals surface area contributed by atoms with E-state index < -0.39 is 0 Å². The summed E-state index contributed by atoms with van der Waals surface area (Å²) in [4.78, 5) is 32.8. The molecule has 1 N–H and O–H groups in total. The maximum Gasteiger partial charge on any atom is 0.238 e. The summed E-state index contributed by atoms with van der Waals surface area (Å²) >= 11 is 1.47. The summed E-state index contributed by atoms with van der Waals surface area (Å²) in [6.45, 7) is 5.77. The zero-order valence-electron chi connectivity index (χ0n) is 16.5. The molecular formula is C20H26FN5O2S. The summed E-state index contributed by atoms with van der Waals surface area (Å²) in [5, 5.41) is 3.63. The highest BCUT2D eigenvalue weighted by Crippen LogP contribution is 2.17. The summed E-state index contributed by atoms with van der Waals surface area (Å²) in [5.41, 5.74) is 0.573. The molecule has 29 heavy (non-hydrogen) atoms. The maximum atomic E-state index is 12.9. The number of thioether (sulfide) groups is 1. The smallest absolute Gasteiger partial charge is 0.238 e. The van der Waals surface area contributed by atoms with Gasteiger partial charge >= 0.3 is 0 Å². The van der Waals surface area contributed by atoms with E-state index in [2.05, 4.69) is 21.8 Å². The zero-order valence-corrected chi connectivity index (χ0v) is 17.3. The molecule has 0 atom stereocenters. The molecule has 2 amide bonds. The first-order chi connectivity index (χ1) is 14.0. The average Bonchev–Trinajstić information content (AvgIpc) is 3.16. The molecule has 7 nitrogen and oxygen atoms in total. The van der Waals surface area contributed by atoms with Crippen molar-refractivity contribution in [3.63, 3.8) is 0 Å². The van der Waals surface area contributed by atoms with Gasteiger partial charge in [-0.15, -0.1) is 0 Å². The lowest BCUT2D eigenvalue weighted by Gasteiger charge is -2.34. The second-order valence-electron chi connectivity index (χ2n) is 6.90. The largest absolute Gasteiger partial charge is 0.339 e. The SMILES string of the molecule is CCCn1ccnc1SCC(=O)N1CCN(CC(=O)Nc2ccc(F)cc2)CC1. The topological polar surface area (TPSA) is 70.5 Å². The van der Waals surface area contributed by atoms with E-state index in [0.29, 0.717) is 37.6 Å². The molecule has 1 aromatic heterocycles. The highest BCUT2D eigenvalue weighted by atomic mass is 32.2. The van der Waals surface area contributed by atoms with Crippen molar-refractivity contribution in [3.8, 4) is 0 Å². The van der Waals surface area contributed by atoms with Gasteiger partial charge in [-0.05, 0) is 30.7 Å². The highest BCUT2D eigenvalue weighted by molar-refractivity contribution is 7.99. The van der Waals surface area contributed by atoms with Crippen LogP contribution < -0.4 is 5.32 Å². The van der Waals surface area contributed by atoms with Gasteiger partial charge in [0.25, 0.3) is 0 Å². The van der Waals surface area contributed by atoms with Gasteiger partial charge in [-0.3, -0.25) is 14.5 Å². The fourth-order valence-corrected chi connectivity index (χ4v) is 4.05. The van der Waals surface area contributed by atoms with Gasteiger partial charge in [0.2, 0.25) is 11.8 Å². The minimum Gasteiger partial charge on any atom is -0.339 e. The molecule has 0 spiro atoms. The Hall–Kier alpha value is -2.39. The van der Waals surface area contributed by atoms with Crippen LogP contribution in [0.1, 0.15) is 13.3 Å². The third-order valence-corrected chi connectivity index (χ3v) is 5.68. The van der Waals surface area contributed by atoms with Crippen molar-refractivity contribution in [1.29, 1.82) is 0 Å². The molecule has 2 heterocycles. The van der Waals surface area contributed by atoms with Crippen LogP contribution in [-0.2, 0) is 16.1 Å². The molecular weight excluding hydrogens is 393 g/mol. The summed E-state index contributed by atoms with van der Waals surface area (Å²) < 4.78 is 15.0. The number of rotatable bonds is 8. The van der Waals surface area contributed by atoms with Crippen LogP contribution in [0.15, 0.2) is 41.8 Å². The molecule has 1 saturated heterocycles. The Labute approximate surface area is 174 Å². The average molecular weight is 420 g/mol. The summed E-state index contributed by atoms with van der Waals surface area (Å²) in [6, 6.07) is 5.69. The Morgan fingerprint density at radius 1 is 1.17 bits per heavy atom. The summed E-state index contributed by atoms with van der Waals surface area (Å²) in [7, 11) is 0. The molecule has 2 aromatic rings. The van der Waals surface area contributed by atoms with Gasteiger partial charge in [-0.2, -0.15) is 0 Å². The number of piperazine rings is 1. The molecule has 1 fully saturated rings. The number of imidazole rings is 1. The molecule has 0 saturated carbocycles. The fourth-order valence-electron chi connectivity index (χ4n) is 3.16. The molecule has 1 aliphatic rings. The first kappa shape index (κ1) is 21.3. The normalized spacial score (nSPS) is 14.8. The van der Waals surface area contributed by atoms with E-state index in [4.69, 9.17) is 0 Å². The van der Waals surface area contributed by atoms with Crippen LogP contribution in [-0.4, -0.2) is 69.6 Å². The quantitative estimate of drug-likeness (QED) is 0.665. The highest BCUT2D eigenvalue weighted by Gasteiger charge is 2.22. The predicted molar refractivity (Wildman–Crippen MR) is 111 cm³/mol. The Kier molecular flexibility index (Phi) is 7.65. The van der Waals surface area contributed by atoms with Gasteiger partial charge in [0.05, 0.1) is 12.3 Å². The molecule has 0 unspecified atom stereocenters. The van der Waals surface area contributed by atoms with E-state index >= 15 is 0 Å². The molecule has 9 heteroatoms. The minimum atomic E-state index is -0.337. The lowest BCUT2D eigenvalue weighted by Crippen LogP contribution is -2.50. The Morgan fingerprint density at radius 2 is 1.90 bits per heavy atom. The van der Waals surface area contributed by atoms with E-state index in [1.54, 1.807) is 6.20 Å². The van der Waals surface area contributed by atoms with Gasteiger partial charge in [0.15, 0.2) is 5.16 Å². The Bertz CT molecular complexity index is 819. The molecule has 0 bridgehead atoms. The number of aromatic nitrogens is 2. The molecule has 1 aromatic carbocycles. The molecule has 156 valence electrons. The van der Waals surface area contributed by atoms with Crippen LogP contribution >= 0.6 is 11.8 Å². The van der Waals surface area contributed by atoms with E-state index in [1.165, 1.54) is 36.0 Å². The van der Waals surface area contributed by atoms with Crippen molar-refractivity contribution in [2.24, 2.45) is 0 Å². The number of carbonyl (C=O) groups is 2. The Balaban J connectivity index is 1.39. The van der Waals surface area contributed by atoms with E-state index in [0.717, 1.165) is 18.1 Å². The van der Waals surface area contributed by atoms with Crippen molar-refractivity contribution in [2.75, 3.05) is 43.8 Å². The third-order valence-electron chi connectivity index (χ3n) is 4.69. The van der Waals surface area contributed by atoms with Crippen LogP contribution in [0.5, 0.6) is 0 Å². The molecule has 0 radical (unpaired) electrons. The number of hydrogen-bond donors (Lipinski definition) is 1. The molecule has 3 rings (SSSR count). The monoisotopic (exact) mass is 419 g/mol. The van der Waals surface area contributed by atoms with Crippen LogP contribution in [0.2, 0.25) is 0 Å². The van der Waals surface area contributed by atoms with Crippen LogP contribution in [0.4, 0.5) is 10.1 Å². The van der Waals surface area contributed by atoms with E-state index in [-0.39, 0.29) is 24.2 Å². The maximum absolute atomic E-state index is 12.9. The minimum absolute atomic E-state index is 0.0939. The standard InChI is InChI=1S/C20H26FN5O2S/c1-2-8-26-9-7-22-20(26)29-15-19(28)25-12-10-24(11-13-25)14-18(27)23-17-5-3-16(21)4-6-17/h3-7,9H,2,8,10-15H2,1H3,(H,23,27). The van der Waals surface area contributed by atoms with Crippen molar-refractivity contribution < 1.29 is 14.0 Å². The molecule has 1 aliphatic heterocycles. The number of nitrogens with zero attached hydrogens (tertiary/aromatic N) is 4.